The van der Waals surface area contributed by atoms with Crippen LogP contribution in [0.25, 0.3) is 0 Å². The molecule has 0 amide bonds. The Morgan fingerprint density at radius 2 is 2.50 bits per heavy atom. The molecule has 6 heteroatoms. The Morgan fingerprint density at radius 1 is 1.62 bits per heavy atom. The Morgan fingerprint density at radius 3 is 3.19 bits per heavy atom. The van der Waals surface area contributed by atoms with Gasteiger partial charge in [-0.3, -0.25) is 0 Å². The van der Waals surface area contributed by atoms with E-state index >= 15 is 0 Å². The summed E-state index contributed by atoms with van der Waals surface area (Å²) in [6.45, 7) is 2.13. The maximum Gasteiger partial charge on any atom is 0.360 e. The van der Waals surface area contributed by atoms with Gasteiger partial charge in [-0.25, -0.2) is 9.78 Å². The summed E-state index contributed by atoms with van der Waals surface area (Å²) in [7, 11) is 0. The van der Waals surface area contributed by atoms with Gasteiger partial charge >= 0.3 is 5.97 Å². The van der Waals surface area contributed by atoms with E-state index in [-0.39, 0.29) is 5.97 Å². The fourth-order valence-electron chi connectivity index (χ4n) is 1.15. The summed E-state index contributed by atoms with van der Waals surface area (Å²) in [5.41, 5.74) is 2.93. The van der Waals surface area contributed by atoms with Crippen LogP contribution in [0.2, 0.25) is 0 Å². The lowest BCUT2D eigenvalue weighted by atomic mass is 10.4. The second kappa shape index (κ2) is 5.09. The first-order valence-electron chi connectivity index (χ1n) is 4.71. The molecule has 0 spiro atoms. The van der Waals surface area contributed by atoms with Gasteiger partial charge in [0.1, 0.15) is 5.00 Å². The number of nitrogens with zero attached hydrogens (tertiary/aromatic N) is 1. The molecule has 2 aromatic rings. The van der Waals surface area contributed by atoms with Crippen molar-refractivity contribution in [1.82, 2.24) is 4.98 Å². The minimum absolute atomic E-state index is 0.345. The van der Waals surface area contributed by atoms with Crippen molar-refractivity contribution in [3.05, 3.63) is 28.0 Å². The van der Waals surface area contributed by atoms with Crippen LogP contribution in [-0.2, 0) is 4.74 Å². The lowest BCUT2D eigenvalue weighted by Crippen LogP contribution is -2.07. The van der Waals surface area contributed by atoms with Gasteiger partial charge in [-0.15, -0.1) is 11.3 Å². The van der Waals surface area contributed by atoms with Crippen LogP contribution in [0.15, 0.2) is 22.3 Å². The molecule has 16 heavy (non-hydrogen) atoms. The highest BCUT2D eigenvalue weighted by molar-refractivity contribution is 7.14. The van der Waals surface area contributed by atoms with Gasteiger partial charge in [-0.05, 0) is 18.4 Å². The average molecular weight is 254 g/mol. The number of anilines is 2. The first-order chi connectivity index (χ1) is 7.81. The fraction of sp³-hybridized carbons (Fsp3) is 0.200. The van der Waals surface area contributed by atoms with Crippen LogP contribution in [-0.4, -0.2) is 17.6 Å². The zero-order valence-electron chi connectivity index (χ0n) is 8.60. The number of carbonyl (C=O) groups is 1. The third-order valence-electron chi connectivity index (χ3n) is 1.82. The van der Waals surface area contributed by atoms with Gasteiger partial charge < -0.3 is 10.1 Å². The molecule has 0 unspecified atom stereocenters. The highest BCUT2D eigenvalue weighted by Crippen LogP contribution is 2.26. The van der Waals surface area contributed by atoms with Gasteiger partial charge in [0.15, 0.2) is 5.69 Å². The number of thiophene rings is 1. The Balaban J connectivity index is 2.16. The van der Waals surface area contributed by atoms with Crippen molar-refractivity contribution in [2.24, 2.45) is 0 Å². The number of ether oxygens (including phenoxy) is 1. The minimum atomic E-state index is -0.388. The van der Waals surface area contributed by atoms with Gasteiger partial charge in [-0.1, -0.05) is 0 Å². The molecule has 2 rings (SSSR count). The number of nitrogens with one attached hydrogen (secondary N) is 1. The highest BCUT2D eigenvalue weighted by Gasteiger charge is 2.16. The smallest absolute Gasteiger partial charge is 0.360 e. The predicted molar refractivity (Wildman–Crippen MR) is 65.7 cm³/mol. The monoisotopic (exact) mass is 254 g/mol. The maximum atomic E-state index is 11.5. The van der Waals surface area contributed by atoms with Crippen LogP contribution < -0.4 is 5.32 Å². The molecule has 0 saturated heterocycles. The molecule has 0 aliphatic rings. The molecule has 2 heterocycles. The van der Waals surface area contributed by atoms with Crippen LogP contribution in [0.3, 0.4) is 0 Å². The van der Waals surface area contributed by atoms with E-state index in [1.807, 2.05) is 16.8 Å². The molecule has 0 bridgehead atoms. The summed E-state index contributed by atoms with van der Waals surface area (Å²) in [6, 6.07) is 1.94. The number of rotatable bonds is 4. The number of aromatic nitrogens is 1. The van der Waals surface area contributed by atoms with Crippen molar-refractivity contribution in [2.75, 3.05) is 11.9 Å². The molecule has 84 valence electrons. The predicted octanol–water partition coefficient (Wildman–Crippen LogP) is 3.12. The van der Waals surface area contributed by atoms with Gasteiger partial charge in [0.2, 0.25) is 0 Å². The van der Waals surface area contributed by atoms with E-state index in [2.05, 4.69) is 10.3 Å². The first-order valence-corrected chi connectivity index (χ1v) is 6.53. The number of hydrogen-bond acceptors (Lipinski definition) is 6. The quantitative estimate of drug-likeness (QED) is 0.852. The summed E-state index contributed by atoms with van der Waals surface area (Å²) in [5, 5.41) is 7.79. The van der Waals surface area contributed by atoms with E-state index in [0.717, 1.165) is 10.7 Å². The average Bonchev–Trinajstić information content (AvgIpc) is 2.90. The van der Waals surface area contributed by atoms with Gasteiger partial charge in [-0.2, -0.15) is 11.3 Å². The lowest BCUT2D eigenvalue weighted by Gasteiger charge is -2.03. The third-order valence-corrected chi connectivity index (χ3v) is 3.24. The molecule has 4 nitrogen and oxygen atoms in total. The van der Waals surface area contributed by atoms with E-state index in [0.29, 0.717) is 12.3 Å². The van der Waals surface area contributed by atoms with Crippen molar-refractivity contribution in [3.8, 4) is 0 Å². The van der Waals surface area contributed by atoms with Crippen molar-refractivity contribution < 1.29 is 9.53 Å². The molecule has 0 aliphatic carbocycles. The third kappa shape index (κ3) is 2.40. The molecule has 0 atom stereocenters. The van der Waals surface area contributed by atoms with Crippen molar-refractivity contribution >= 4 is 39.3 Å². The van der Waals surface area contributed by atoms with Gasteiger partial charge in [0, 0.05) is 11.1 Å². The number of esters is 1. The summed E-state index contributed by atoms with van der Waals surface area (Å²) < 4.78 is 4.91. The second-order valence-corrected chi connectivity index (χ2v) is 4.52. The standard InChI is InChI=1S/C10H10N2O2S2/c1-2-14-10(13)8-9(16-6-11-8)12-7-3-4-15-5-7/h3-6,12H,2H2,1H3. The minimum Gasteiger partial charge on any atom is -0.461 e. The summed E-state index contributed by atoms with van der Waals surface area (Å²) in [5.74, 6) is -0.388. The Kier molecular flexibility index (Phi) is 3.53. The molecule has 0 radical (unpaired) electrons. The Bertz CT molecular complexity index is 465. The molecule has 0 fully saturated rings. The molecule has 0 aromatic carbocycles. The van der Waals surface area contributed by atoms with Crippen LogP contribution in [0.5, 0.6) is 0 Å². The zero-order chi connectivity index (χ0) is 11.4. The lowest BCUT2D eigenvalue weighted by molar-refractivity contribution is 0.0521. The Hall–Kier alpha value is -1.40. The molecule has 0 aliphatic heterocycles. The van der Waals surface area contributed by atoms with Crippen LogP contribution >= 0.6 is 22.7 Å². The molecular formula is C10H10N2O2S2. The van der Waals surface area contributed by atoms with E-state index < -0.39 is 0 Å². The first kappa shape index (κ1) is 11.1. The molecular weight excluding hydrogens is 244 g/mol. The van der Waals surface area contributed by atoms with Gasteiger partial charge in [0.25, 0.3) is 0 Å². The van der Waals surface area contributed by atoms with E-state index in [1.165, 1.54) is 11.3 Å². The number of thiazole rings is 1. The summed E-state index contributed by atoms with van der Waals surface area (Å²) >= 11 is 2.98. The van der Waals surface area contributed by atoms with Crippen LogP contribution in [0.1, 0.15) is 17.4 Å². The second-order valence-electron chi connectivity index (χ2n) is 2.89. The summed E-state index contributed by atoms with van der Waals surface area (Å²) in [6.07, 6.45) is 0. The Labute approximate surface area is 101 Å². The maximum absolute atomic E-state index is 11.5. The van der Waals surface area contributed by atoms with Crippen molar-refractivity contribution in [3.63, 3.8) is 0 Å². The fourth-order valence-corrected chi connectivity index (χ4v) is 2.42. The van der Waals surface area contributed by atoms with Crippen LogP contribution in [0.4, 0.5) is 10.7 Å². The molecule has 0 saturated carbocycles. The number of hydrogen-bond donors (Lipinski definition) is 1. The highest BCUT2D eigenvalue weighted by atomic mass is 32.1. The topological polar surface area (TPSA) is 51.2 Å². The largest absolute Gasteiger partial charge is 0.461 e. The van der Waals surface area contributed by atoms with Crippen LogP contribution in [0, 0.1) is 0 Å². The normalized spacial score (nSPS) is 10.1. The molecule has 1 N–H and O–H groups in total. The summed E-state index contributed by atoms with van der Waals surface area (Å²) in [4.78, 5) is 15.5. The zero-order valence-corrected chi connectivity index (χ0v) is 10.2. The van der Waals surface area contributed by atoms with Gasteiger partial charge in [0.05, 0.1) is 12.1 Å². The SMILES string of the molecule is CCOC(=O)c1ncsc1Nc1ccsc1. The number of carbonyl (C=O) groups excluding carboxylic acids is 1. The van der Waals surface area contributed by atoms with Crippen molar-refractivity contribution in [1.29, 1.82) is 0 Å². The van der Waals surface area contributed by atoms with E-state index in [9.17, 15) is 4.79 Å². The molecule has 2 aromatic heterocycles. The van der Waals surface area contributed by atoms with Crippen molar-refractivity contribution in [2.45, 2.75) is 6.92 Å². The van der Waals surface area contributed by atoms with E-state index in [4.69, 9.17) is 4.74 Å². The van der Waals surface area contributed by atoms with E-state index in [1.54, 1.807) is 23.8 Å².